The van der Waals surface area contributed by atoms with Gasteiger partial charge in [0, 0.05) is 11.5 Å². The highest BCUT2D eigenvalue weighted by molar-refractivity contribution is 7.21. The number of benzene rings is 6. The Morgan fingerprint density at radius 1 is 0.605 bits per heavy atom. The molecule has 0 saturated carbocycles. The van der Waals surface area contributed by atoms with Crippen molar-refractivity contribution < 1.29 is 0 Å². The largest absolute Gasteiger partial charge is 0.236 e. The Kier molecular flexibility index (Phi) is 5.56. The van der Waals surface area contributed by atoms with Crippen LogP contribution >= 0.6 is 11.3 Å². The predicted molar refractivity (Wildman–Crippen MR) is 164 cm³/mol. The van der Waals surface area contributed by atoms with E-state index in [9.17, 15) is 0 Å². The second kappa shape index (κ2) is 9.24. The number of thiazole rings is 1. The van der Waals surface area contributed by atoms with Gasteiger partial charge in [-0.3, -0.25) is 0 Å². The number of hydrogen-bond acceptors (Lipinski definition) is 2. The van der Waals surface area contributed by atoms with Crippen LogP contribution in [0.1, 0.15) is 29.5 Å². The highest BCUT2D eigenvalue weighted by Gasteiger charge is 2.21. The molecule has 1 atom stereocenters. The fourth-order valence-corrected chi connectivity index (χ4v) is 6.97. The minimum absolute atomic E-state index is 0.221. The Balaban J connectivity index is 1.46. The van der Waals surface area contributed by atoms with Crippen LogP contribution in [-0.2, 0) is 0 Å². The van der Waals surface area contributed by atoms with Crippen LogP contribution < -0.4 is 0 Å². The molecular formula is C36H27NS. The van der Waals surface area contributed by atoms with Crippen LogP contribution in [0.5, 0.6) is 0 Å². The van der Waals surface area contributed by atoms with E-state index in [1.54, 1.807) is 11.3 Å². The van der Waals surface area contributed by atoms with Crippen molar-refractivity contribution in [1.29, 1.82) is 0 Å². The highest BCUT2D eigenvalue weighted by atomic mass is 32.1. The molecule has 0 N–H and O–H groups in total. The third-order valence-electron chi connectivity index (χ3n) is 7.81. The van der Waals surface area contributed by atoms with Gasteiger partial charge in [0.15, 0.2) is 0 Å². The summed E-state index contributed by atoms with van der Waals surface area (Å²) >= 11 is 1.79. The molecule has 0 bridgehead atoms. The van der Waals surface area contributed by atoms with Crippen molar-refractivity contribution in [3.63, 3.8) is 0 Å². The first-order chi connectivity index (χ1) is 18.7. The Hall–Kier alpha value is -4.27. The fourth-order valence-electron chi connectivity index (χ4n) is 5.90. The molecule has 1 heterocycles. The Morgan fingerprint density at radius 3 is 2.08 bits per heavy atom. The molecule has 0 aliphatic heterocycles. The predicted octanol–water partition coefficient (Wildman–Crippen LogP) is 10.4. The number of aromatic nitrogens is 1. The number of rotatable bonds is 4. The van der Waals surface area contributed by atoms with Crippen molar-refractivity contribution in [2.75, 3.05) is 0 Å². The molecule has 0 fully saturated rings. The molecule has 0 amide bonds. The van der Waals surface area contributed by atoms with Crippen molar-refractivity contribution in [2.24, 2.45) is 0 Å². The summed E-state index contributed by atoms with van der Waals surface area (Å²) in [6, 6.07) is 43.8. The van der Waals surface area contributed by atoms with Gasteiger partial charge >= 0.3 is 0 Å². The van der Waals surface area contributed by atoms with Crippen LogP contribution in [0, 0.1) is 6.92 Å². The summed E-state index contributed by atoms with van der Waals surface area (Å²) < 4.78 is 1.26. The third-order valence-corrected chi connectivity index (χ3v) is 9.05. The van der Waals surface area contributed by atoms with Gasteiger partial charge < -0.3 is 0 Å². The van der Waals surface area contributed by atoms with Gasteiger partial charge in [-0.15, -0.1) is 11.3 Å². The summed E-state index contributed by atoms with van der Waals surface area (Å²) in [5.74, 6) is 0.221. The normalized spacial score (nSPS) is 12.4. The summed E-state index contributed by atoms with van der Waals surface area (Å²) in [7, 11) is 0. The molecule has 0 saturated heterocycles. The van der Waals surface area contributed by atoms with Gasteiger partial charge in [0.1, 0.15) is 5.01 Å². The molecule has 7 rings (SSSR count). The second-order valence-electron chi connectivity index (χ2n) is 10.0. The fraction of sp³-hybridized carbons (Fsp3) is 0.0833. The molecule has 7 aromatic rings. The molecule has 2 heteroatoms. The topological polar surface area (TPSA) is 12.9 Å². The first-order valence-electron chi connectivity index (χ1n) is 13.1. The van der Waals surface area contributed by atoms with E-state index in [0.29, 0.717) is 0 Å². The zero-order valence-corrected chi connectivity index (χ0v) is 22.3. The van der Waals surface area contributed by atoms with Crippen molar-refractivity contribution in [3.8, 4) is 21.7 Å². The van der Waals surface area contributed by atoms with Crippen LogP contribution in [0.25, 0.3) is 53.5 Å². The molecule has 0 aliphatic carbocycles. The van der Waals surface area contributed by atoms with Crippen LogP contribution in [0.2, 0.25) is 0 Å². The summed E-state index contributed by atoms with van der Waals surface area (Å²) in [6.45, 7) is 4.62. The lowest BCUT2D eigenvalue weighted by Gasteiger charge is -2.22. The summed E-state index contributed by atoms with van der Waals surface area (Å²) in [4.78, 5) is 4.99. The first-order valence-corrected chi connectivity index (χ1v) is 14.0. The molecular weight excluding hydrogens is 478 g/mol. The van der Waals surface area contributed by atoms with Gasteiger partial charge in [0.25, 0.3) is 0 Å². The zero-order chi connectivity index (χ0) is 25.6. The molecule has 1 unspecified atom stereocenters. The van der Waals surface area contributed by atoms with Crippen LogP contribution in [0.15, 0.2) is 121 Å². The van der Waals surface area contributed by atoms with Crippen molar-refractivity contribution in [1.82, 2.24) is 4.98 Å². The number of hydrogen-bond donors (Lipinski definition) is 0. The maximum absolute atomic E-state index is 4.99. The lowest BCUT2D eigenvalue weighted by Crippen LogP contribution is -2.02. The molecule has 1 nitrogen and oxygen atoms in total. The van der Waals surface area contributed by atoms with E-state index in [0.717, 1.165) is 10.5 Å². The standard InChI is InChI=1S/C36H27NS/c1-23(28-18-10-15-25-11-6-8-16-30(25)28)34-31-17-9-7-12-26(31)19-20-32(34)29-21-22-33-35(24(29)2)38-36(37-33)27-13-4-3-5-14-27/h3-23H,1-2H3. The van der Waals surface area contributed by atoms with Gasteiger partial charge in [-0.25, -0.2) is 4.98 Å². The maximum atomic E-state index is 4.99. The van der Waals surface area contributed by atoms with E-state index < -0.39 is 0 Å². The van der Waals surface area contributed by atoms with Crippen LogP contribution in [0.4, 0.5) is 0 Å². The molecule has 1 aromatic heterocycles. The SMILES string of the molecule is Cc1c(-c2ccc3ccccc3c2C(C)c2cccc3ccccc23)ccc2nc(-c3ccccc3)sc12. The van der Waals surface area contributed by atoms with Gasteiger partial charge in [0.05, 0.1) is 10.2 Å². The monoisotopic (exact) mass is 505 g/mol. The average molecular weight is 506 g/mol. The van der Waals surface area contributed by atoms with E-state index in [2.05, 4.69) is 135 Å². The van der Waals surface area contributed by atoms with Gasteiger partial charge in [-0.1, -0.05) is 122 Å². The Morgan fingerprint density at radius 2 is 1.26 bits per heavy atom. The highest BCUT2D eigenvalue weighted by Crippen LogP contribution is 2.43. The molecule has 38 heavy (non-hydrogen) atoms. The molecule has 0 radical (unpaired) electrons. The third kappa shape index (κ3) is 3.72. The second-order valence-corrected chi connectivity index (χ2v) is 11.0. The van der Waals surface area contributed by atoms with Crippen molar-refractivity contribution >= 4 is 43.1 Å². The lowest BCUT2D eigenvalue weighted by molar-refractivity contribution is 0.946. The molecule has 0 spiro atoms. The number of fused-ring (bicyclic) bond motifs is 3. The van der Waals surface area contributed by atoms with E-state index >= 15 is 0 Å². The van der Waals surface area contributed by atoms with Gasteiger partial charge in [-0.05, 0) is 62.4 Å². The zero-order valence-electron chi connectivity index (χ0n) is 21.5. The van der Waals surface area contributed by atoms with Crippen molar-refractivity contribution in [2.45, 2.75) is 19.8 Å². The maximum Gasteiger partial charge on any atom is 0.124 e. The minimum atomic E-state index is 0.221. The quantitative estimate of drug-likeness (QED) is 0.232. The lowest BCUT2D eigenvalue weighted by atomic mass is 9.81. The average Bonchev–Trinajstić information content (AvgIpc) is 3.42. The van der Waals surface area contributed by atoms with E-state index in [-0.39, 0.29) is 5.92 Å². The minimum Gasteiger partial charge on any atom is -0.236 e. The Labute approximate surface area is 227 Å². The van der Waals surface area contributed by atoms with E-state index in [1.165, 1.54) is 59.6 Å². The van der Waals surface area contributed by atoms with Crippen molar-refractivity contribution in [3.05, 3.63) is 138 Å². The molecule has 6 aromatic carbocycles. The molecule has 0 aliphatic rings. The van der Waals surface area contributed by atoms with Gasteiger partial charge in [-0.2, -0.15) is 0 Å². The Bertz CT molecular complexity index is 1940. The van der Waals surface area contributed by atoms with Gasteiger partial charge in [0.2, 0.25) is 0 Å². The summed E-state index contributed by atoms with van der Waals surface area (Å²) in [6.07, 6.45) is 0. The van der Waals surface area contributed by atoms with Crippen LogP contribution in [0.3, 0.4) is 0 Å². The number of aryl methyl sites for hydroxylation is 1. The summed E-state index contributed by atoms with van der Waals surface area (Å²) in [5.41, 5.74) is 8.87. The first kappa shape index (κ1) is 22.9. The summed E-state index contributed by atoms with van der Waals surface area (Å²) in [5, 5.41) is 6.28. The van der Waals surface area contributed by atoms with E-state index in [1.807, 2.05) is 0 Å². The smallest absolute Gasteiger partial charge is 0.124 e. The number of nitrogens with zero attached hydrogens (tertiary/aromatic N) is 1. The molecule has 182 valence electrons. The van der Waals surface area contributed by atoms with E-state index in [4.69, 9.17) is 4.98 Å². The van der Waals surface area contributed by atoms with Crippen LogP contribution in [-0.4, -0.2) is 4.98 Å².